The number of hydrogen-bond donors (Lipinski definition) is 3. The number of hydrogen-bond acceptors (Lipinski definition) is 7. The average molecular weight is 531 g/mol. The van der Waals surface area contributed by atoms with Gasteiger partial charge in [-0.25, -0.2) is 0 Å². The number of carbonyl (C=O) groups excluding carboxylic acids is 1. The van der Waals surface area contributed by atoms with Crippen LogP contribution in [0.15, 0.2) is 52.8 Å². The molecule has 184 valence electrons. The van der Waals surface area contributed by atoms with Crippen LogP contribution in [0, 0.1) is 0 Å². The normalized spacial score (nSPS) is 13.1. The number of methoxy groups -OCH3 is 1. The van der Waals surface area contributed by atoms with Gasteiger partial charge in [0.25, 0.3) is 5.91 Å². The van der Waals surface area contributed by atoms with Gasteiger partial charge in [0.2, 0.25) is 0 Å². The quantitative estimate of drug-likeness (QED) is 0.366. The van der Waals surface area contributed by atoms with Crippen LogP contribution >= 0.6 is 34.9 Å². The molecule has 0 bridgehead atoms. The highest BCUT2D eigenvalue weighted by Crippen LogP contribution is 2.30. The molecule has 0 unspecified atom stereocenters. The van der Waals surface area contributed by atoms with E-state index < -0.39 is 11.5 Å². The first kappa shape index (κ1) is 25.4. The number of ether oxygens (including phenoxy) is 1. The largest absolute Gasteiger partial charge is 0.496 e. The number of anilines is 1. The van der Waals surface area contributed by atoms with Gasteiger partial charge in [-0.2, -0.15) is 5.10 Å². The van der Waals surface area contributed by atoms with Crippen molar-refractivity contribution in [2.24, 2.45) is 0 Å². The Bertz CT molecular complexity index is 1370. The average Bonchev–Trinajstić information content (AvgIpc) is 3.30. The molecule has 2 heterocycles. The van der Waals surface area contributed by atoms with Crippen LogP contribution in [0.1, 0.15) is 31.4 Å². The summed E-state index contributed by atoms with van der Waals surface area (Å²) in [4.78, 5) is 12.0. The summed E-state index contributed by atoms with van der Waals surface area (Å²) >= 11 is 9.04. The Balaban J connectivity index is 1.62. The van der Waals surface area contributed by atoms with Gasteiger partial charge in [0.05, 0.1) is 32.8 Å². The number of rotatable bonds is 9. The zero-order valence-corrected chi connectivity index (χ0v) is 22.1. The number of allylic oxidation sites excluding steroid dienone is 1. The second-order valence-electron chi connectivity index (χ2n) is 8.50. The molecule has 4 rings (SSSR count). The van der Waals surface area contributed by atoms with Crippen LogP contribution in [0.25, 0.3) is 11.8 Å². The lowest BCUT2D eigenvalue weighted by Gasteiger charge is -2.16. The molecule has 7 nitrogen and oxygen atoms in total. The van der Waals surface area contributed by atoms with Crippen LogP contribution in [0.5, 0.6) is 0 Å². The SMILES string of the molecule is COC1=c2c(NSc3ccc(Cl)s3)nn(Cc3cccc(CNC(=O)C(C)(C)O)c3)c2=CCC=C1. The van der Waals surface area contributed by atoms with Crippen molar-refractivity contribution in [3.63, 3.8) is 0 Å². The molecular weight excluding hydrogens is 504 g/mol. The van der Waals surface area contributed by atoms with E-state index >= 15 is 0 Å². The van der Waals surface area contributed by atoms with Gasteiger partial charge in [0.15, 0.2) is 5.82 Å². The predicted octanol–water partition coefficient (Wildman–Crippen LogP) is 3.65. The summed E-state index contributed by atoms with van der Waals surface area (Å²) in [5.74, 6) is 1.04. The van der Waals surface area contributed by atoms with Crippen molar-refractivity contribution in [3.8, 4) is 0 Å². The van der Waals surface area contributed by atoms with E-state index in [1.807, 2.05) is 47.2 Å². The highest BCUT2D eigenvalue weighted by molar-refractivity contribution is 8.02. The highest BCUT2D eigenvalue weighted by atomic mass is 35.5. The molecule has 0 aliphatic heterocycles. The second-order valence-corrected chi connectivity index (χ2v) is 11.3. The number of carbonyl (C=O) groups is 1. The number of aliphatic hydroxyl groups is 1. The Hall–Kier alpha value is -2.72. The minimum atomic E-state index is -1.42. The molecule has 3 N–H and O–H groups in total. The van der Waals surface area contributed by atoms with Crippen LogP contribution in [0.2, 0.25) is 4.34 Å². The Labute approximate surface area is 217 Å². The van der Waals surface area contributed by atoms with Gasteiger partial charge in [0.1, 0.15) is 11.4 Å². The molecule has 0 spiro atoms. The lowest BCUT2D eigenvalue weighted by Crippen LogP contribution is -2.41. The van der Waals surface area contributed by atoms with Crippen molar-refractivity contribution < 1.29 is 14.6 Å². The number of thiophene rings is 1. The van der Waals surface area contributed by atoms with Gasteiger partial charge in [-0.05, 0) is 61.6 Å². The van der Waals surface area contributed by atoms with Gasteiger partial charge < -0.3 is 19.9 Å². The number of benzene rings is 1. The lowest BCUT2D eigenvalue weighted by molar-refractivity contribution is -0.136. The third-order valence-corrected chi connectivity index (χ3v) is 7.46. The molecule has 1 amide bonds. The molecule has 0 atom stereocenters. The summed E-state index contributed by atoms with van der Waals surface area (Å²) in [7, 11) is 1.66. The molecule has 2 aromatic heterocycles. The van der Waals surface area contributed by atoms with Crippen LogP contribution in [0.3, 0.4) is 0 Å². The number of halogens is 1. The monoisotopic (exact) mass is 530 g/mol. The minimum absolute atomic E-state index is 0.332. The number of nitrogens with one attached hydrogen (secondary N) is 2. The maximum absolute atomic E-state index is 12.0. The van der Waals surface area contributed by atoms with Gasteiger partial charge in [-0.15, -0.1) is 11.3 Å². The van der Waals surface area contributed by atoms with Crippen LogP contribution in [-0.4, -0.2) is 33.5 Å². The standard InChI is InChI=1S/C25H27ClN4O3S2/c1-25(2,32)24(31)27-14-16-7-6-8-17(13-16)15-30-18-9-4-5-10-19(33-3)22(18)23(28-30)29-35-21-12-11-20(26)34-21/h5-13,32H,4,14-15H2,1-3H3,(H,27,31)(H,28,29). The van der Waals surface area contributed by atoms with Crippen molar-refractivity contribution in [2.75, 3.05) is 11.8 Å². The van der Waals surface area contributed by atoms with Crippen molar-refractivity contribution in [1.29, 1.82) is 0 Å². The third kappa shape index (κ3) is 6.29. The van der Waals surface area contributed by atoms with Crippen LogP contribution in [0.4, 0.5) is 5.82 Å². The van der Waals surface area contributed by atoms with E-state index in [4.69, 9.17) is 21.4 Å². The molecule has 1 aliphatic rings. The molecule has 10 heteroatoms. The zero-order valence-electron chi connectivity index (χ0n) is 19.7. The smallest absolute Gasteiger partial charge is 0.251 e. The first-order chi connectivity index (χ1) is 16.7. The number of fused-ring (bicyclic) bond motifs is 1. The van der Waals surface area contributed by atoms with Crippen molar-refractivity contribution >= 4 is 58.4 Å². The molecule has 1 aliphatic carbocycles. The Morgan fingerprint density at radius 3 is 2.83 bits per heavy atom. The van der Waals surface area contributed by atoms with Gasteiger partial charge in [-0.3, -0.25) is 9.48 Å². The molecular formula is C25H27ClN4O3S2. The molecule has 0 fully saturated rings. The summed E-state index contributed by atoms with van der Waals surface area (Å²) in [5.41, 5.74) is 0.565. The van der Waals surface area contributed by atoms with Crippen molar-refractivity contribution in [1.82, 2.24) is 15.1 Å². The zero-order chi connectivity index (χ0) is 25.0. The van der Waals surface area contributed by atoms with E-state index in [0.717, 1.165) is 42.4 Å². The van der Waals surface area contributed by atoms with E-state index in [1.165, 1.54) is 37.1 Å². The van der Waals surface area contributed by atoms with E-state index in [0.29, 0.717) is 18.9 Å². The molecule has 0 saturated carbocycles. The summed E-state index contributed by atoms with van der Waals surface area (Å²) in [6.45, 7) is 3.81. The molecule has 35 heavy (non-hydrogen) atoms. The maximum atomic E-state index is 12.0. The van der Waals surface area contributed by atoms with E-state index in [-0.39, 0.29) is 0 Å². The van der Waals surface area contributed by atoms with Crippen LogP contribution < -0.4 is 20.6 Å². The second kappa shape index (κ2) is 10.9. The topological polar surface area (TPSA) is 88.4 Å². The third-order valence-electron chi connectivity index (χ3n) is 5.30. The van der Waals surface area contributed by atoms with Crippen LogP contribution in [-0.2, 0) is 22.6 Å². The van der Waals surface area contributed by atoms with Gasteiger partial charge in [-0.1, -0.05) is 48.0 Å². The Morgan fingerprint density at radius 1 is 1.31 bits per heavy atom. The number of nitrogens with zero attached hydrogens (tertiary/aromatic N) is 2. The van der Waals surface area contributed by atoms with E-state index in [2.05, 4.69) is 22.2 Å². The summed E-state index contributed by atoms with van der Waals surface area (Å²) in [6.07, 6.45) is 6.93. The molecule has 1 aromatic carbocycles. The first-order valence-electron chi connectivity index (χ1n) is 11.0. The Morgan fingerprint density at radius 2 is 2.11 bits per heavy atom. The van der Waals surface area contributed by atoms with E-state index in [9.17, 15) is 9.90 Å². The number of aromatic nitrogens is 2. The van der Waals surface area contributed by atoms with Gasteiger partial charge in [0, 0.05) is 6.54 Å². The predicted molar refractivity (Wildman–Crippen MR) is 143 cm³/mol. The van der Waals surface area contributed by atoms with Gasteiger partial charge >= 0.3 is 0 Å². The summed E-state index contributed by atoms with van der Waals surface area (Å²) in [6, 6.07) is 11.8. The summed E-state index contributed by atoms with van der Waals surface area (Å²) < 4.78 is 12.8. The Kier molecular flexibility index (Phi) is 7.91. The fourth-order valence-electron chi connectivity index (χ4n) is 3.59. The fraction of sp³-hybridized carbons (Fsp3) is 0.280. The molecule has 3 aromatic rings. The first-order valence-corrected chi connectivity index (χ1v) is 13.0. The fourth-order valence-corrected chi connectivity index (χ4v) is 5.54. The number of amides is 1. The molecule has 0 saturated heterocycles. The lowest BCUT2D eigenvalue weighted by atomic mass is 10.1. The van der Waals surface area contributed by atoms with Crippen molar-refractivity contribution in [2.45, 2.75) is 43.2 Å². The van der Waals surface area contributed by atoms with E-state index in [1.54, 1.807) is 7.11 Å². The summed E-state index contributed by atoms with van der Waals surface area (Å²) in [5, 5.41) is 19.4. The molecule has 0 radical (unpaired) electrons. The highest BCUT2D eigenvalue weighted by Gasteiger charge is 2.23. The van der Waals surface area contributed by atoms with Crippen molar-refractivity contribution in [3.05, 3.63) is 74.6 Å². The minimum Gasteiger partial charge on any atom is -0.496 e. The maximum Gasteiger partial charge on any atom is 0.251 e.